The summed E-state index contributed by atoms with van der Waals surface area (Å²) in [5, 5.41) is 3.04. The van der Waals surface area contributed by atoms with Crippen LogP contribution in [-0.2, 0) is 19.6 Å². The molecule has 2 aliphatic rings. The van der Waals surface area contributed by atoms with Crippen LogP contribution in [-0.4, -0.2) is 60.7 Å². The first-order valence-corrected chi connectivity index (χ1v) is 12.0. The highest BCUT2D eigenvalue weighted by Gasteiger charge is 2.40. The molecule has 1 aromatic rings. The largest absolute Gasteiger partial charge is 0.353 e. The number of piperidine rings is 1. The minimum atomic E-state index is -3.53. The quantitative estimate of drug-likeness (QED) is 0.786. The summed E-state index contributed by atoms with van der Waals surface area (Å²) in [5.74, 6) is -0.434. The second-order valence-corrected chi connectivity index (χ2v) is 11.4. The van der Waals surface area contributed by atoms with Gasteiger partial charge in [0.05, 0.1) is 10.8 Å². The lowest BCUT2D eigenvalue weighted by Crippen LogP contribution is -2.48. The van der Waals surface area contributed by atoms with Crippen molar-refractivity contribution in [1.82, 2.24) is 14.5 Å². The molecule has 2 heterocycles. The fourth-order valence-electron chi connectivity index (χ4n) is 4.11. The Morgan fingerprint density at radius 2 is 1.73 bits per heavy atom. The van der Waals surface area contributed by atoms with Crippen molar-refractivity contribution in [3.05, 3.63) is 29.3 Å². The molecule has 8 heteroatoms. The van der Waals surface area contributed by atoms with Gasteiger partial charge < -0.3 is 10.2 Å². The molecule has 2 aliphatic heterocycles. The standard InChI is InChI=1S/C22H33N3O4S/c1-15-6-7-19(12-16(15)2)30(28,29)24-10-8-18(9-11-24)23-21(27)17-13-20(26)25(14-17)22(3,4)5/h6-7,12,17-18H,8-11,13-14H2,1-5H3,(H,23,27). The molecule has 0 spiro atoms. The smallest absolute Gasteiger partial charge is 0.243 e. The van der Waals surface area contributed by atoms with Gasteiger partial charge in [-0.2, -0.15) is 4.31 Å². The second kappa shape index (κ2) is 8.30. The monoisotopic (exact) mass is 435 g/mol. The normalized spacial score (nSPS) is 21.8. The average molecular weight is 436 g/mol. The van der Waals surface area contributed by atoms with Crippen molar-refractivity contribution in [3.63, 3.8) is 0 Å². The molecule has 1 N–H and O–H groups in total. The van der Waals surface area contributed by atoms with Gasteiger partial charge in [0, 0.05) is 37.6 Å². The van der Waals surface area contributed by atoms with Gasteiger partial charge in [0.2, 0.25) is 21.8 Å². The maximum Gasteiger partial charge on any atom is 0.243 e. The van der Waals surface area contributed by atoms with Crippen LogP contribution in [0.15, 0.2) is 23.1 Å². The van der Waals surface area contributed by atoms with E-state index in [0.29, 0.717) is 37.4 Å². The van der Waals surface area contributed by atoms with Crippen LogP contribution in [0.5, 0.6) is 0 Å². The van der Waals surface area contributed by atoms with Crippen molar-refractivity contribution in [2.24, 2.45) is 5.92 Å². The Kier molecular flexibility index (Phi) is 6.30. The van der Waals surface area contributed by atoms with E-state index in [1.54, 1.807) is 17.0 Å². The summed E-state index contributed by atoms with van der Waals surface area (Å²) in [5.41, 5.74) is 1.72. The predicted molar refractivity (Wildman–Crippen MR) is 115 cm³/mol. The third-order valence-corrected chi connectivity index (χ3v) is 8.12. The van der Waals surface area contributed by atoms with E-state index in [0.717, 1.165) is 11.1 Å². The van der Waals surface area contributed by atoms with Crippen LogP contribution in [0, 0.1) is 19.8 Å². The van der Waals surface area contributed by atoms with Gasteiger partial charge >= 0.3 is 0 Å². The summed E-state index contributed by atoms with van der Waals surface area (Å²) in [4.78, 5) is 27.0. The number of aryl methyl sites for hydroxylation is 2. The lowest BCUT2D eigenvalue weighted by molar-refractivity contribution is -0.132. The van der Waals surface area contributed by atoms with Crippen LogP contribution in [0.2, 0.25) is 0 Å². The van der Waals surface area contributed by atoms with E-state index in [4.69, 9.17) is 0 Å². The number of rotatable bonds is 4. The molecule has 1 unspecified atom stereocenters. The highest BCUT2D eigenvalue weighted by molar-refractivity contribution is 7.89. The number of likely N-dealkylation sites (tertiary alicyclic amines) is 1. The molecule has 1 atom stereocenters. The van der Waals surface area contributed by atoms with Crippen molar-refractivity contribution in [3.8, 4) is 0 Å². The Hall–Kier alpha value is -1.93. The maximum atomic E-state index is 13.0. The van der Waals surface area contributed by atoms with E-state index in [1.807, 2.05) is 40.7 Å². The number of carbonyl (C=O) groups is 2. The average Bonchev–Trinajstić information content (AvgIpc) is 3.06. The summed E-state index contributed by atoms with van der Waals surface area (Å²) in [7, 11) is -3.53. The van der Waals surface area contributed by atoms with E-state index in [-0.39, 0.29) is 35.7 Å². The summed E-state index contributed by atoms with van der Waals surface area (Å²) < 4.78 is 27.4. The molecule has 2 fully saturated rings. The lowest BCUT2D eigenvalue weighted by Gasteiger charge is -2.33. The first-order valence-electron chi connectivity index (χ1n) is 10.6. The number of carbonyl (C=O) groups excluding carboxylic acids is 2. The van der Waals surface area contributed by atoms with Gasteiger partial charge in [-0.1, -0.05) is 6.07 Å². The topological polar surface area (TPSA) is 86.8 Å². The number of nitrogens with one attached hydrogen (secondary N) is 1. The fourth-order valence-corrected chi connectivity index (χ4v) is 5.67. The van der Waals surface area contributed by atoms with E-state index in [1.165, 1.54) is 4.31 Å². The van der Waals surface area contributed by atoms with E-state index in [2.05, 4.69) is 5.32 Å². The van der Waals surface area contributed by atoms with Crippen molar-refractivity contribution in [2.45, 2.75) is 70.4 Å². The molecule has 1 aromatic carbocycles. The minimum Gasteiger partial charge on any atom is -0.353 e. The molecular weight excluding hydrogens is 402 g/mol. The highest BCUT2D eigenvalue weighted by atomic mass is 32.2. The van der Waals surface area contributed by atoms with Gasteiger partial charge in [0.25, 0.3) is 0 Å². The first kappa shape index (κ1) is 22.7. The summed E-state index contributed by atoms with van der Waals surface area (Å²) >= 11 is 0. The molecule has 30 heavy (non-hydrogen) atoms. The third kappa shape index (κ3) is 4.70. The van der Waals surface area contributed by atoms with Crippen LogP contribution < -0.4 is 5.32 Å². The Morgan fingerprint density at radius 3 is 2.27 bits per heavy atom. The summed E-state index contributed by atoms with van der Waals surface area (Å²) in [6.07, 6.45) is 1.38. The zero-order chi connectivity index (χ0) is 22.3. The SMILES string of the molecule is Cc1ccc(S(=O)(=O)N2CCC(NC(=O)C3CC(=O)N(C(C)(C)C)C3)CC2)cc1C. The van der Waals surface area contributed by atoms with Gasteiger partial charge in [-0.25, -0.2) is 8.42 Å². The molecule has 7 nitrogen and oxygen atoms in total. The fraction of sp³-hybridized carbons (Fsp3) is 0.636. The lowest BCUT2D eigenvalue weighted by atomic mass is 10.0. The predicted octanol–water partition coefficient (Wildman–Crippen LogP) is 2.22. The molecule has 0 bridgehead atoms. The first-order chi connectivity index (χ1) is 13.9. The number of benzene rings is 1. The summed E-state index contributed by atoms with van der Waals surface area (Å²) in [6, 6.07) is 5.14. The zero-order valence-corrected chi connectivity index (χ0v) is 19.4. The van der Waals surface area contributed by atoms with Crippen molar-refractivity contribution in [1.29, 1.82) is 0 Å². The van der Waals surface area contributed by atoms with Crippen molar-refractivity contribution >= 4 is 21.8 Å². The van der Waals surface area contributed by atoms with Gasteiger partial charge in [0.1, 0.15) is 0 Å². The number of hydrogen-bond acceptors (Lipinski definition) is 4. The van der Waals surface area contributed by atoms with Crippen LogP contribution >= 0.6 is 0 Å². The van der Waals surface area contributed by atoms with Crippen LogP contribution in [0.1, 0.15) is 51.2 Å². The number of sulfonamides is 1. The van der Waals surface area contributed by atoms with E-state index in [9.17, 15) is 18.0 Å². The Bertz CT molecular complexity index is 928. The van der Waals surface area contributed by atoms with Gasteiger partial charge in [0.15, 0.2) is 0 Å². The molecule has 3 rings (SSSR count). The molecule has 0 saturated carbocycles. The number of nitrogens with zero attached hydrogens (tertiary/aromatic N) is 2. The maximum absolute atomic E-state index is 13.0. The van der Waals surface area contributed by atoms with Crippen molar-refractivity contribution in [2.75, 3.05) is 19.6 Å². The Morgan fingerprint density at radius 1 is 1.10 bits per heavy atom. The van der Waals surface area contributed by atoms with Gasteiger partial charge in [-0.3, -0.25) is 9.59 Å². The van der Waals surface area contributed by atoms with Gasteiger partial charge in [-0.15, -0.1) is 0 Å². The number of amides is 2. The highest BCUT2D eigenvalue weighted by Crippen LogP contribution is 2.27. The van der Waals surface area contributed by atoms with Gasteiger partial charge in [-0.05, 0) is 70.7 Å². The molecule has 2 amide bonds. The molecule has 0 aliphatic carbocycles. The van der Waals surface area contributed by atoms with Crippen LogP contribution in [0.4, 0.5) is 0 Å². The molecular formula is C22H33N3O4S. The third-order valence-electron chi connectivity index (χ3n) is 6.22. The van der Waals surface area contributed by atoms with E-state index >= 15 is 0 Å². The zero-order valence-electron chi connectivity index (χ0n) is 18.6. The molecule has 0 aromatic heterocycles. The molecule has 0 radical (unpaired) electrons. The minimum absolute atomic E-state index is 0.0111. The molecule has 2 saturated heterocycles. The Balaban J connectivity index is 1.56. The number of hydrogen-bond donors (Lipinski definition) is 1. The van der Waals surface area contributed by atoms with Crippen LogP contribution in [0.3, 0.4) is 0 Å². The van der Waals surface area contributed by atoms with Crippen molar-refractivity contribution < 1.29 is 18.0 Å². The van der Waals surface area contributed by atoms with Crippen LogP contribution in [0.25, 0.3) is 0 Å². The molecule has 166 valence electrons. The Labute approximate surface area is 179 Å². The summed E-state index contributed by atoms with van der Waals surface area (Å²) in [6.45, 7) is 11.0. The van der Waals surface area contributed by atoms with E-state index < -0.39 is 10.0 Å². The second-order valence-electron chi connectivity index (χ2n) is 9.51.